The van der Waals surface area contributed by atoms with Gasteiger partial charge in [0.25, 0.3) is 0 Å². The van der Waals surface area contributed by atoms with Gasteiger partial charge in [0.2, 0.25) is 10.0 Å². The monoisotopic (exact) mass is 280 g/mol. The topological polar surface area (TPSA) is 63.4 Å². The Bertz CT molecular complexity index is 553. The Labute approximate surface area is 115 Å². The lowest BCUT2D eigenvalue weighted by atomic mass is 10.2. The van der Waals surface area contributed by atoms with E-state index in [1.165, 1.54) is 4.31 Å². The van der Waals surface area contributed by atoms with Gasteiger partial charge < -0.3 is 5.73 Å². The van der Waals surface area contributed by atoms with E-state index < -0.39 is 10.0 Å². The second-order valence-electron chi connectivity index (χ2n) is 4.21. The van der Waals surface area contributed by atoms with Gasteiger partial charge in [0.05, 0.1) is 11.4 Å². The standard InChI is InChI=1S/C14H20N2O2S/c1-3-4-12-16(2)19(17,18)14-9-7-13(8-10-14)6-5-11-15/h7-10H,3-4,11-12,15H2,1-2H3. The summed E-state index contributed by atoms with van der Waals surface area (Å²) in [6.07, 6.45) is 1.82. The predicted molar refractivity (Wildman–Crippen MR) is 77.1 cm³/mol. The molecule has 2 N–H and O–H groups in total. The number of benzene rings is 1. The number of rotatable bonds is 5. The number of nitrogens with two attached hydrogens (primary N) is 1. The molecule has 0 aliphatic carbocycles. The van der Waals surface area contributed by atoms with Crippen LogP contribution in [0.3, 0.4) is 0 Å². The van der Waals surface area contributed by atoms with Crippen molar-refractivity contribution in [3.05, 3.63) is 29.8 Å². The van der Waals surface area contributed by atoms with E-state index in [0.29, 0.717) is 18.0 Å². The molecule has 0 unspecified atom stereocenters. The molecule has 0 spiro atoms. The Kier molecular flexibility index (Phi) is 6.03. The third kappa shape index (κ3) is 4.35. The Balaban J connectivity index is 2.90. The fourth-order valence-corrected chi connectivity index (χ4v) is 2.75. The molecule has 5 heteroatoms. The summed E-state index contributed by atoms with van der Waals surface area (Å²) in [6.45, 7) is 2.86. The van der Waals surface area contributed by atoms with Crippen LogP contribution < -0.4 is 5.73 Å². The molecule has 0 atom stereocenters. The van der Waals surface area contributed by atoms with Crippen LogP contribution in [0.1, 0.15) is 25.3 Å². The molecule has 1 aromatic rings. The SMILES string of the molecule is CCCCN(C)S(=O)(=O)c1ccc(C#CCN)cc1. The van der Waals surface area contributed by atoms with Gasteiger partial charge in [-0.15, -0.1) is 0 Å². The van der Waals surface area contributed by atoms with E-state index in [1.54, 1.807) is 31.3 Å². The highest BCUT2D eigenvalue weighted by molar-refractivity contribution is 7.89. The minimum Gasteiger partial charge on any atom is -0.320 e. The number of hydrogen-bond donors (Lipinski definition) is 1. The summed E-state index contributed by atoms with van der Waals surface area (Å²) < 4.78 is 25.9. The van der Waals surface area contributed by atoms with Crippen molar-refractivity contribution in [1.29, 1.82) is 0 Å². The summed E-state index contributed by atoms with van der Waals surface area (Å²) in [5, 5.41) is 0. The van der Waals surface area contributed by atoms with Crippen LogP contribution >= 0.6 is 0 Å². The first kappa shape index (κ1) is 15.7. The average molecular weight is 280 g/mol. The van der Waals surface area contributed by atoms with E-state index in [-0.39, 0.29) is 0 Å². The van der Waals surface area contributed by atoms with Crippen LogP contribution in [0.5, 0.6) is 0 Å². The van der Waals surface area contributed by atoms with Crippen molar-refractivity contribution in [2.45, 2.75) is 24.7 Å². The van der Waals surface area contributed by atoms with Crippen molar-refractivity contribution in [2.24, 2.45) is 5.73 Å². The fraction of sp³-hybridized carbons (Fsp3) is 0.429. The summed E-state index contributed by atoms with van der Waals surface area (Å²) in [4.78, 5) is 0.296. The maximum atomic E-state index is 12.2. The molecule has 0 aromatic heterocycles. The maximum Gasteiger partial charge on any atom is 0.242 e. The first-order valence-electron chi connectivity index (χ1n) is 6.27. The van der Waals surface area contributed by atoms with Gasteiger partial charge in [-0.1, -0.05) is 25.2 Å². The Morgan fingerprint density at radius 3 is 2.42 bits per heavy atom. The lowest BCUT2D eigenvalue weighted by Crippen LogP contribution is -2.27. The molecule has 1 aromatic carbocycles. The molecule has 4 nitrogen and oxygen atoms in total. The van der Waals surface area contributed by atoms with Crippen molar-refractivity contribution in [1.82, 2.24) is 4.31 Å². The van der Waals surface area contributed by atoms with Crippen LogP contribution in [-0.2, 0) is 10.0 Å². The van der Waals surface area contributed by atoms with Gasteiger partial charge >= 0.3 is 0 Å². The Morgan fingerprint density at radius 1 is 1.26 bits per heavy atom. The Hall–Kier alpha value is -1.35. The van der Waals surface area contributed by atoms with Crippen LogP contribution in [-0.4, -0.2) is 32.9 Å². The van der Waals surface area contributed by atoms with E-state index >= 15 is 0 Å². The molecule has 0 aliphatic rings. The molecular weight excluding hydrogens is 260 g/mol. The van der Waals surface area contributed by atoms with Gasteiger partial charge in [-0.3, -0.25) is 0 Å². The molecule has 0 aliphatic heterocycles. The molecule has 0 bridgehead atoms. The summed E-state index contributed by atoms with van der Waals surface area (Å²) in [5.41, 5.74) is 6.05. The van der Waals surface area contributed by atoms with Gasteiger partial charge in [0.1, 0.15) is 0 Å². The minimum atomic E-state index is -3.39. The van der Waals surface area contributed by atoms with E-state index in [4.69, 9.17) is 5.73 Å². The van der Waals surface area contributed by atoms with Crippen LogP contribution in [0.2, 0.25) is 0 Å². The zero-order chi connectivity index (χ0) is 14.3. The molecule has 0 heterocycles. The van der Waals surface area contributed by atoms with Gasteiger partial charge in [0, 0.05) is 19.2 Å². The van der Waals surface area contributed by atoms with Crippen LogP contribution in [0.25, 0.3) is 0 Å². The van der Waals surface area contributed by atoms with Crippen molar-refractivity contribution < 1.29 is 8.42 Å². The molecule has 1 rings (SSSR count). The molecule has 0 saturated carbocycles. The van der Waals surface area contributed by atoms with E-state index in [2.05, 4.69) is 11.8 Å². The van der Waals surface area contributed by atoms with E-state index in [1.807, 2.05) is 6.92 Å². The van der Waals surface area contributed by atoms with Crippen molar-refractivity contribution in [2.75, 3.05) is 20.1 Å². The molecule has 19 heavy (non-hydrogen) atoms. The normalized spacial score (nSPS) is 11.2. The van der Waals surface area contributed by atoms with Gasteiger partial charge in [-0.2, -0.15) is 0 Å². The second kappa shape index (κ2) is 7.29. The molecule has 0 fully saturated rings. The largest absolute Gasteiger partial charge is 0.320 e. The number of hydrogen-bond acceptors (Lipinski definition) is 3. The number of nitrogens with zero attached hydrogens (tertiary/aromatic N) is 1. The predicted octanol–water partition coefficient (Wildman–Crippen LogP) is 1.42. The number of unbranched alkanes of at least 4 members (excludes halogenated alkanes) is 1. The zero-order valence-corrected chi connectivity index (χ0v) is 12.2. The first-order valence-corrected chi connectivity index (χ1v) is 7.71. The second-order valence-corrected chi connectivity index (χ2v) is 6.26. The van der Waals surface area contributed by atoms with Gasteiger partial charge in [0.15, 0.2) is 0 Å². The molecule has 0 radical (unpaired) electrons. The smallest absolute Gasteiger partial charge is 0.242 e. The Morgan fingerprint density at radius 2 is 1.89 bits per heavy atom. The lowest BCUT2D eigenvalue weighted by Gasteiger charge is -2.16. The highest BCUT2D eigenvalue weighted by atomic mass is 32.2. The highest BCUT2D eigenvalue weighted by Gasteiger charge is 2.19. The molecule has 0 saturated heterocycles. The molecule has 104 valence electrons. The van der Waals surface area contributed by atoms with Crippen LogP contribution in [0.15, 0.2) is 29.2 Å². The van der Waals surface area contributed by atoms with Crippen molar-refractivity contribution >= 4 is 10.0 Å². The van der Waals surface area contributed by atoms with Crippen molar-refractivity contribution in [3.63, 3.8) is 0 Å². The third-order valence-corrected chi connectivity index (χ3v) is 4.59. The summed E-state index contributed by atoms with van der Waals surface area (Å²) in [5.74, 6) is 5.59. The fourth-order valence-electron chi connectivity index (χ4n) is 1.54. The quantitative estimate of drug-likeness (QED) is 0.830. The summed E-state index contributed by atoms with van der Waals surface area (Å²) >= 11 is 0. The van der Waals surface area contributed by atoms with Crippen molar-refractivity contribution in [3.8, 4) is 11.8 Å². The minimum absolute atomic E-state index is 0.291. The van der Waals surface area contributed by atoms with E-state index in [9.17, 15) is 8.42 Å². The maximum absolute atomic E-state index is 12.2. The van der Waals surface area contributed by atoms with Gasteiger partial charge in [-0.25, -0.2) is 12.7 Å². The summed E-state index contributed by atoms with van der Waals surface area (Å²) in [7, 11) is -1.78. The average Bonchev–Trinajstić information content (AvgIpc) is 2.42. The molecular formula is C14H20N2O2S. The highest BCUT2D eigenvalue weighted by Crippen LogP contribution is 2.15. The first-order chi connectivity index (χ1) is 9.02. The lowest BCUT2D eigenvalue weighted by molar-refractivity contribution is 0.459. The zero-order valence-electron chi connectivity index (χ0n) is 11.4. The van der Waals surface area contributed by atoms with Gasteiger partial charge in [-0.05, 0) is 30.7 Å². The number of sulfonamides is 1. The van der Waals surface area contributed by atoms with Crippen LogP contribution in [0.4, 0.5) is 0 Å². The van der Waals surface area contributed by atoms with Crippen LogP contribution in [0, 0.1) is 11.8 Å². The molecule has 0 amide bonds. The van der Waals surface area contributed by atoms with E-state index in [0.717, 1.165) is 18.4 Å². The summed E-state index contributed by atoms with van der Waals surface area (Å²) in [6, 6.07) is 6.56. The third-order valence-electron chi connectivity index (χ3n) is 2.72.